The van der Waals surface area contributed by atoms with Gasteiger partial charge in [0.05, 0.1) is 5.02 Å². The summed E-state index contributed by atoms with van der Waals surface area (Å²) in [5.41, 5.74) is 0.783. The number of halogens is 2. The van der Waals surface area contributed by atoms with Crippen LogP contribution in [0.5, 0.6) is 0 Å². The van der Waals surface area contributed by atoms with Gasteiger partial charge in [-0.05, 0) is 23.8 Å². The van der Waals surface area contributed by atoms with Crippen LogP contribution in [0.2, 0.25) is 5.02 Å². The third kappa shape index (κ3) is 5.02. The molecule has 0 fully saturated rings. The van der Waals surface area contributed by atoms with E-state index in [-0.39, 0.29) is 16.5 Å². The maximum absolute atomic E-state index is 12.9. The van der Waals surface area contributed by atoms with Gasteiger partial charge in [0.15, 0.2) is 0 Å². The van der Waals surface area contributed by atoms with E-state index in [1.165, 1.54) is 0 Å². The molecule has 2 aromatic carbocycles. The van der Waals surface area contributed by atoms with E-state index in [1.807, 2.05) is 6.07 Å². The fraction of sp³-hybridized carbons (Fsp3) is 0.133. The van der Waals surface area contributed by atoms with Gasteiger partial charge in [0.2, 0.25) is 10.0 Å². The summed E-state index contributed by atoms with van der Waals surface area (Å²) in [4.78, 5) is 11.3. The van der Waals surface area contributed by atoms with Gasteiger partial charge in [0.25, 0.3) is 0 Å². The van der Waals surface area contributed by atoms with Gasteiger partial charge in [0.1, 0.15) is 23.9 Å². The van der Waals surface area contributed by atoms with E-state index < -0.39 is 28.4 Å². The molecule has 0 aliphatic carbocycles. The molecule has 2 rings (SSSR count). The summed E-state index contributed by atoms with van der Waals surface area (Å²) in [5, 5.41) is -0.268. The van der Waals surface area contributed by atoms with Crippen LogP contribution in [-0.2, 0) is 26.2 Å². The normalized spacial score (nSPS) is 11.2. The summed E-state index contributed by atoms with van der Waals surface area (Å²) >= 11 is 5.70. The summed E-state index contributed by atoms with van der Waals surface area (Å²) in [7, 11) is -4.04. The third-order valence-corrected chi connectivity index (χ3v) is 4.72. The molecule has 0 aliphatic rings. The van der Waals surface area contributed by atoms with E-state index in [0.29, 0.717) is 0 Å². The minimum absolute atomic E-state index is 0.0404. The van der Waals surface area contributed by atoms with Crippen molar-refractivity contribution in [1.82, 2.24) is 4.72 Å². The molecule has 0 atom stereocenters. The van der Waals surface area contributed by atoms with Crippen molar-refractivity contribution in [1.29, 1.82) is 0 Å². The Balaban J connectivity index is 1.92. The summed E-state index contributed by atoms with van der Waals surface area (Å²) in [6.45, 7) is -0.512. The minimum atomic E-state index is -4.04. The molecule has 0 saturated heterocycles. The maximum atomic E-state index is 12.9. The Morgan fingerprint density at radius 1 is 1.17 bits per heavy atom. The largest absolute Gasteiger partial charge is 0.460 e. The average Bonchev–Trinajstić information content (AvgIpc) is 2.51. The van der Waals surface area contributed by atoms with Crippen LogP contribution in [0, 0.1) is 5.82 Å². The molecule has 0 amide bonds. The molecular formula is C15H13ClFNO4S. The second-order valence-electron chi connectivity index (χ2n) is 4.55. The summed E-state index contributed by atoms with van der Waals surface area (Å²) in [6, 6.07) is 11.8. The molecule has 0 heterocycles. The molecule has 0 bridgehead atoms. The molecule has 8 heteroatoms. The number of benzene rings is 2. The van der Waals surface area contributed by atoms with Crippen molar-refractivity contribution in [3.8, 4) is 0 Å². The maximum Gasteiger partial charge on any atom is 0.321 e. The fourth-order valence-electron chi connectivity index (χ4n) is 1.71. The van der Waals surface area contributed by atoms with E-state index >= 15 is 0 Å². The lowest BCUT2D eigenvalue weighted by atomic mass is 10.2. The van der Waals surface area contributed by atoms with Crippen LogP contribution in [0.1, 0.15) is 5.56 Å². The molecule has 0 aromatic heterocycles. The Hall–Kier alpha value is -1.96. The Morgan fingerprint density at radius 3 is 2.52 bits per heavy atom. The van der Waals surface area contributed by atoms with Gasteiger partial charge in [-0.2, -0.15) is 4.72 Å². The van der Waals surface area contributed by atoms with Gasteiger partial charge in [0, 0.05) is 0 Å². The smallest absolute Gasteiger partial charge is 0.321 e. The predicted octanol–water partition coefficient (Wildman–Crippen LogP) is 2.50. The lowest BCUT2D eigenvalue weighted by molar-refractivity contribution is -0.143. The van der Waals surface area contributed by atoms with Crippen molar-refractivity contribution in [2.75, 3.05) is 6.54 Å². The number of carbonyl (C=O) groups excluding carboxylic acids is 1. The van der Waals surface area contributed by atoms with Crippen LogP contribution < -0.4 is 4.72 Å². The van der Waals surface area contributed by atoms with Crippen molar-refractivity contribution in [3.05, 3.63) is 64.9 Å². The Labute approximate surface area is 138 Å². The monoisotopic (exact) mass is 357 g/mol. The molecular weight excluding hydrogens is 345 g/mol. The summed E-state index contributed by atoms with van der Waals surface area (Å²) in [5.74, 6) is -1.40. The summed E-state index contributed by atoms with van der Waals surface area (Å²) in [6.07, 6.45) is 0. The number of hydrogen-bond donors (Lipinski definition) is 1. The van der Waals surface area contributed by atoms with Gasteiger partial charge < -0.3 is 4.74 Å². The van der Waals surface area contributed by atoms with Crippen LogP contribution in [0.15, 0.2) is 53.4 Å². The molecule has 23 heavy (non-hydrogen) atoms. The number of hydrogen-bond acceptors (Lipinski definition) is 4. The van der Waals surface area contributed by atoms with Crippen molar-refractivity contribution in [2.24, 2.45) is 0 Å². The lowest BCUT2D eigenvalue weighted by Crippen LogP contribution is -2.30. The molecule has 0 saturated carbocycles. The van der Waals surface area contributed by atoms with Crippen molar-refractivity contribution in [3.63, 3.8) is 0 Å². The number of carbonyl (C=O) groups is 1. The Bertz CT molecular complexity index is 796. The average molecular weight is 358 g/mol. The van der Waals surface area contributed by atoms with Gasteiger partial charge >= 0.3 is 5.97 Å². The van der Waals surface area contributed by atoms with E-state index in [2.05, 4.69) is 4.72 Å². The molecule has 122 valence electrons. The molecule has 5 nitrogen and oxygen atoms in total. The standard InChI is InChI=1S/C15H13ClFNO4S/c16-13-8-12(17)6-7-14(13)23(20,21)18-9-15(19)22-10-11-4-2-1-3-5-11/h1-8,18H,9-10H2. The number of rotatable bonds is 6. The molecule has 2 aromatic rings. The molecule has 0 aliphatic heterocycles. The van der Waals surface area contributed by atoms with Crippen LogP contribution in [-0.4, -0.2) is 20.9 Å². The zero-order valence-electron chi connectivity index (χ0n) is 11.8. The minimum Gasteiger partial charge on any atom is -0.460 e. The Morgan fingerprint density at radius 2 is 1.87 bits per heavy atom. The quantitative estimate of drug-likeness (QED) is 0.806. The number of ether oxygens (including phenoxy) is 1. The SMILES string of the molecule is O=C(CNS(=O)(=O)c1ccc(F)cc1Cl)OCc1ccccc1. The first-order valence-electron chi connectivity index (χ1n) is 6.53. The zero-order valence-corrected chi connectivity index (χ0v) is 13.4. The number of esters is 1. The van der Waals surface area contributed by atoms with E-state index in [4.69, 9.17) is 16.3 Å². The van der Waals surface area contributed by atoms with Crippen molar-refractivity contribution < 1.29 is 22.3 Å². The van der Waals surface area contributed by atoms with E-state index in [9.17, 15) is 17.6 Å². The molecule has 0 spiro atoms. The van der Waals surface area contributed by atoms with E-state index in [0.717, 1.165) is 23.8 Å². The van der Waals surface area contributed by atoms with Crippen LogP contribution >= 0.6 is 11.6 Å². The van der Waals surface area contributed by atoms with Crippen molar-refractivity contribution >= 4 is 27.6 Å². The first-order valence-corrected chi connectivity index (χ1v) is 8.39. The first kappa shape index (κ1) is 17.4. The Kier molecular flexibility index (Phi) is 5.70. The second-order valence-corrected chi connectivity index (χ2v) is 6.69. The predicted molar refractivity (Wildman–Crippen MR) is 82.8 cm³/mol. The van der Waals surface area contributed by atoms with Crippen LogP contribution in [0.3, 0.4) is 0 Å². The van der Waals surface area contributed by atoms with Crippen molar-refractivity contribution in [2.45, 2.75) is 11.5 Å². The van der Waals surface area contributed by atoms with Gasteiger partial charge in [-0.1, -0.05) is 41.9 Å². The van der Waals surface area contributed by atoms with Crippen LogP contribution in [0.4, 0.5) is 4.39 Å². The topological polar surface area (TPSA) is 72.5 Å². The fourth-order valence-corrected chi connectivity index (χ4v) is 3.21. The van der Waals surface area contributed by atoms with Crippen LogP contribution in [0.25, 0.3) is 0 Å². The summed E-state index contributed by atoms with van der Waals surface area (Å²) < 4.78 is 44.0. The highest BCUT2D eigenvalue weighted by molar-refractivity contribution is 7.89. The molecule has 0 unspecified atom stereocenters. The highest BCUT2D eigenvalue weighted by atomic mass is 35.5. The lowest BCUT2D eigenvalue weighted by Gasteiger charge is -2.09. The second kappa shape index (κ2) is 7.54. The van der Waals surface area contributed by atoms with Gasteiger partial charge in [-0.15, -0.1) is 0 Å². The molecule has 0 radical (unpaired) electrons. The highest BCUT2D eigenvalue weighted by Crippen LogP contribution is 2.21. The third-order valence-electron chi connectivity index (χ3n) is 2.83. The molecule has 1 N–H and O–H groups in total. The number of nitrogens with one attached hydrogen (secondary N) is 1. The highest BCUT2D eigenvalue weighted by Gasteiger charge is 2.19. The first-order chi connectivity index (χ1) is 10.9. The zero-order chi connectivity index (χ0) is 16.9. The van der Waals surface area contributed by atoms with E-state index in [1.54, 1.807) is 24.3 Å². The van der Waals surface area contributed by atoms with Gasteiger partial charge in [-0.25, -0.2) is 12.8 Å². The number of sulfonamides is 1. The van der Waals surface area contributed by atoms with Gasteiger partial charge in [-0.3, -0.25) is 4.79 Å².